The highest BCUT2D eigenvalue weighted by molar-refractivity contribution is 7.95. The van der Waals surface area contributed by atoms with Crippen molar-refractivity contribution in [2.75, 3.05) is 12.0 Å². The summed E-state index contributed by atoms with van der Waals surface area (Å²) in [5.41, 5.74) is -0.140. The van der Waals surface area contributed by atoms with E-state index in [1.165, 1.54) is 12.1 Å². The maximum atomic E-state index is 13.6. The molecule has 0 N–H and O–H groups in total. The normalized spacial score (nSPS) is 17.6. The molecule has 0 amide bonds. The first kappa shape index (κ1) is 12.3. The van der Waals surface area contributed by atoms with Crippen molar-refractivity contribution in [1.82, 2.24) is 0 Å². The zero-order chi connectivity index (χ0) is 12.8. The summed E-state index contributed by atoms with van der Waals surface area (Å²) < 4.78 is 59.2. The zero-order valence-electron chi connectivity index (χ0n) is 8.84. The highest BCUT2D eigenvalue weighted by Gasteiger charge is 2.30. The molecule has 7 heteroatoms. The SMILES string of the molecule is CS(=O)(=O)CC1=CS(=O)(=O)c2cccc(F)c21. The van der Waals surface area contributed by atoms with Crippen LogP contribution >= 0.6 is 0 Å². The highest BCUT2D eigenvalue weighted by Crippen LogP contribution is 2.35. The van der Waals surface area contributed by atoms with Gasteiger partial charge in [0.2, 0.25) is 9.84 Å². The van der Waals surface area contributed by atoms with Gasteiger partial charge in [0.05, 0.1) is 10.6 Å². The first-order valence-corrected chi connectivity index (χ1v) is 8.24. The Labute approximate surface area is 98.6 Å². The standard InChI is InChI=1S/C10H9FO4S2/c1-16(12,13)5-7-6-17(14,15)9-4-2-3-8(11)10(7)9/h2-4,6H,5H2,1H3. The molecule has 1 aromatic rings. The van der Waals surface area contributed by atoms with Crippen LogP contribution in [0.4, 0.5) is 4.39 Å². The van der Waals surface area contributed by atoms with Crippen LogP contribution in [-0.4, -0.2) is 28.8 Å². The van der Waals surface area contributed by atoms with Crippen LogP contribution in [0.25, 0.3) is 5.57 Å². The van der Waals surface area contributed by atoms with Crippen molar-refractivity contribution in [3.05, 3.63) is 35.0 Å². The van der Waals surface area contributed by atoms with Gasteiger partial charge in [0.15, 0.2) is 9.84 Å². The van der Waals surface area contributed by atoms with Gasteiger partial charge in [-0.25, -0.2) is 21.2 Å². The fourth-order valence-electron chi connectivity index (χ4n) is 1.75. The largest absolute Gasteiger partial charge is 0.229 e. The topological polar surface area (TPSA) is 68.3 Å². The summed E-state index contributed by atoms with van der Waals surface area (Å²) in [6, 6.07) is 3.65. The number of benzene rings is 1. The number of hydrogen-bond acceptors (Lipinski definition) is 4. The van der Waals surface area contributed by atoms with E-state index < -0.39 is 31.2 Å². The monoisotopic (exact) mass is 276 g/mol. The molecular formula is C10H9FO4S2. The van der Waals surface area contributed by atoms with Gasteiger partial charge in [-0.1, -0.05) is 6.07 Å². The zero-order valence-corrected chi connectivity index (χ0v) is 10.5. The molecule has 92 valence electrons. The van der Waals surface area contributed by atoms with Gasteiger partial charge >= 0.3 is 0 Å². The smallest absolute Gasteiger partial charge is 0.200 e. The van der Waals surface area contributed by atoms with Crippen LogP contribution in [-0.2, 0) is 19.7 Å². The van der Waals surface area contributed by atoms with Gasteiger partial charge in [0, 0.05) is 17.2 Å². The summed E-state index contributed by atoms with van der Waals surface area (Å²) in [7, 11) is -7.13. The average Bonchev–Trinajstić information content (AvgIpc) is 2.36. The van der Waals surface area contributed by atoms with Gasteiger partial charge < -0.3 is 0 Å². The van der Waals surface area contributed by atoms with Gasteiger partial charge in [-0.05, 0) is 17.7 Å². The molecule has 0 saturated carbocycles. The minimum Gasteiger partial charge on any atom is -0.229 e. The first-order valence-electron chi connectivity index (χ1n) is 4.63. The van der Waals surface area contributed by atoms with E-state index in [2.05, 4.69) is 0 Å². The van der Waals surface area contributed by atoms with E-state index in [4.69, 9.17) is 0 Å². The van der Waals surface area contributed by atoms with Gasteiger partial charge in [0.25, 0.3) is 0 Å². The summed E-state index contributed by atoms with van der Waals surface area (Å²) in [4.78, 5) is -0.170. The molecule has 1 aliphatic rings. The fourth-order valence-corrected chi connectivity index (χ4v) is 4.13. The van der Waals surface area contributed by atoms with Gasteiger partial charge in [-0.15, -0.1) is 0 Å². The Morgan fingerprint density at radius 1 is 1.29 bits per heavy atom. The van der Waals surface area contributed by atoms with Crippen molar-refractivity contribution in [3.8, 4) is 0 Å². The molecule has 1 aromatic carbocycles. The molecule has 4 nitrogen and oxygen atoms in total. The second kappa shape index (κ2) is 3.64. The lowest BCUT2D eigenvalue weighted by Gasteiger charge is -2.04. The lowest BCUT2D eigenvalue weighted by Crippen LogP contribution is -2.05. The Morgan fingerprint density at radius 2 is 1.94 bits per heavy atom. The summed E-state index contributed by atoms with van der Waals surface area (Å²) in [5, 5.41) is 0.821. The molecular weight excluding hydrogens is 267 g/mol. The molecule has 17 heavy (non-hydrogen) atoms. The summed E-state index contributed by atoms with van der Waals surface area (Å²) >= 11 is 0. The maximum Gasteiger partial charge on any atom is 0.200 e. The lowest BCUT2D eigenvalue weighted by molar-refractivity contribution is 0.598. The molecule has 0 aromatic heterocycles. The molecule has 0 saturated heterocycles. The quantitative estimate of drug-likeness (QED) is 0.808. The molecule has 0 bridgehead atoms. The predicted molar refractivity (Wildman–Crippen MR) is 61.3 cm³/mol. The number of rotatable bonds is 2. The van der Waals surface area contributed by atoms with Gasteiger partial charge in [-0.3, -0.25) is 0 Å². The molecule has 0 aliphatic carbocycles. The second-order valence-electron chi connectivity index (χ2n) is 3.87. The van der Waals surface area contributed by atoms with Crippen molar-refractivity contribution in [2.24, 2.45) is 0 Å². The average molecular weight is 276 g/mol. The van der Waals surface area contributed by atoms with E-state index in [1.807, 2.05) is 0 Å². The van der Waals surface area contributed by atoms with Crippen molar-refractivity contribution in [1.29, 1.82) is 0 Å². The Kier molecular flexibility index (Phi) is 2.62. The van der Waals surface area contributed by atoms with Crippen molar-refractivity contribution in [3.63, 3.8) is 0 Å². The Morgan fingerprint density at radius 3 is 2.53 bits per heavy atom. The van der Waals surface area contributed by atoms with E-state index >= 15 is 0 Å². The molecule has 2 rings (SSSR count). The molecule has 0 unspecified atom stereocenters. The second-order valence-corrected chi connectivity index (χ2v) is 7.78. The van der Waals surface area contributed by atoms with Crippen LogP contribution in [0.3, 0.4) is 0 Å². The van der Waals surface area contributed by atoms with Gasteiger partial charge in [-0.2, -0.15) is 0 Å². The van der Waals surface area contributed by atoms with Crippen LogP contribution < -0.4 is 0 Å². The van der Waals surface area contributed by atoms with E-state index in [1.54, 1.807) is 0 Å². The molecule has 0 fully saturated rings. The third-order valence-corrected chi connectivity index (χ3v) is 4.70. The summed E-state index contributed by atoms with van der Waals surface area (Å²) in [6.07, 6.45) is 0.972. The van der Waals surface area contributed by atoms with E-state index in [-0.39, 0.29) is 16.0 Å². The van der Waals surface area contributed by atoms with Crippen molar-refractivity contribution in [2.45, 2.75) is 4.90 Å². The highest BCUT2D eigenvalue weighted by atomic mass is 32.2. The Hall–Kier alpha value is -1.21. The lowest BCUT2D eigenvalue weighted by atomic mass is 10.1. The summed E-state index contributed by atoms with van der Waals surface area (Å²) in [5.74, 6) is -1.21. The number of fused-ring (bicyclic) bond motifs is 1. The maximum absolute atomic E-state index is 13.6. The van der Waals surface area contributed by atoms with Crippen LogP contribution in [0.5, 0.6) is 0 Å². The predicted octanol–water partition coefficient (Wildman–Crippen LogP) is 0.999. The van der Waals surface area contributed by atoms with Crippen LogP contribution in [0.1, 0.15) is 5.56 Å². The molecule has 0 spiro atoms. The third kappa shape index (κ3) is 2.25. The minimum absolute atomic E-state index is 0.0133. The minimum atomic E-state index is -3.72. The van der Waals surface area contributed by atoms with Crippen LogP contribution in [0.2, 0.25) is 0 Å². The molecule has 1 heterocycles. The Balaban J connectivity index is 2.68. The fraction of sp³-hybridized carbons (Fsp3) is 0.200. The van der Waals surface area contributed by atoms with Crippen LogP contribution in [0.15, 0.2) is 28.5 Å². The van der Waals surface area contributed by atoms with E-state index in [0.717, 1.165) is 17.7 Å². The van der Waals surface area contributed by atoms with Gasteiger partial charge in [0.1, 0.15) is 5.82 Å². The number of halogens is 1. The van der Waals surface area contributed by atoms with Crippen molar-refractivity contribution >= 4 is 25.2 Å². The first-order chi connectivity index (χ1) is 7.71. The van der Waals surface area contributed by atoms with E-state index in [0.29, 0.717) is 0 Å². The number of sulfone groups is 2. The van der Waals surface area contributed by atoms with Crippen molar-refractivity contribution < 1.29 is 21.2 Å². The molecule has 0 radical (unpaired) electrons. The summed E-state index contributed by atoms with van der Waals surface area (Å²) in [6.45, 7) is 0. The third-order valence-electron chi connectivity index (χ3n) is 2.32. The molecule has 0 atom stereocenters. The van der Waals surface area contributed by atoms with E-state index in [9.17, 15) is 21.2 Å². The number of hydrogen-bond donors (Lipinski definition) is 0. The van der Waals surface area contributed by atoms with Crippen LogP contribution in [0, 0.1) is 5.82 Å². The Bertz CT molecular complexity index is 715. The molecule has 1 aliphatic heterocycles.